The zero-order valence-corrected chi connectivity index (χ0v) is 14.2. The minimum atomic E-state index is 0.680. The van der Waals surface area contributed by atoms with E-state index in [4.69, 9.17) is 4.98 Å². The molecule has 0 amide bonds. The molecule has 23 heavy (non-hydrogen) atoms. The van der Waals surface area contributed by atoms with E-state index in [1.165, 1.54) is 5.56 Å². The van der Waals surface area contributed by atoms with E-state index in [0.717, 1.165) is 49.8 Å². The number of rotatable bonds is 4. The molecule has 0 atom stereocenters. The highest BCUT2D eigenvalue weighted by atomic mass is 15.3. The standard InChI is InChI=1S/C18H25N5/c1-4-15-7-5-6-8-16(15)20-18-19-14(2)13-17(21-18)23-11-9-22(3)10-12-23/h5-8,13H,4,9-12H2,1-3H3,(H,19,20,21). The number of anilines is 3. The van der Waals surface area contributed by atoms with Crippen molar-refractivity contribution in [2.24, 2.45) is 0 Å². The Morgan fingerprint density at radius 1 is 1.09 bits per heavy atom. The Bertz CT molecular complexity index is 662. The molecule has 2 aromatic rings. The molecule has 3 rings (SSSR count). The van der Waals surface area contributed by atoms with Gasteiger partial charge in [0, 0.05) is 43.6 Å². The predicted octanol–water partition coefficient (Wildman–Crippen LogP) is 2.84. The van der Waals surface area contributed by atoms with Gasteiger partial charge < -0.3 is 15.1 Å². The molecule has 0 aliphatic carbocycles. The number of hydrogen-bond acceptors (Lipinski definition) is 5. The normalized spacial score (nSPS) is 15.7. The summed E-state index contributed by atoms with van der Waals surface area (Å²) >= 11 is 0. The quantitative estimate of drug-likeness (QED) is 0.940. The van der Waals surface area contributed by atoms with Crippen LogP contribution in [0.5, 0.6) is 0 Å². The lowest BCUT2D eigenvalue weighted by Crippen LogP contribution is -2.44. The molecular formula is C18H25N5. The van der Waals surface area contributed by atoms with E-state index in [1.807, 2.05) is 13.0 Å². The average molecular weight is 311 g/mol. The first kappa shape index (κ1) is 15.7. The highest BCUT2D eigenvalue weighted by Gasteiger charge is 2.16. The summed E-state index contributed by atoms with van der Waals surface area (Å²) in [5.74, 6) is 1.70. The van der Waals surface area contributed by atoms with E-state index < -0.39 is 0 Å². The summed E-state index contributed by atoms with van der Waals surface area (Å²) in [4.78, 5) is 14.0. The van der Waals surface area contributed by atoms with Crippen LogP contribution >= 0.6 is 0 Å². The number of likely N-dealkylation sites (N-methyl/N-ethyl adjacent to an activating group) is 1. The maximum atomic E-state index is 4.74. The lowest BCUT2D eigenvalue weighted by atomic mass is 10.1. The van der Waals surface area contributed by atoms with Crippen molar-refractivity contribution in [1.82, 2.24) is 14.9 Å². The SMILES string of the molecule is CCc1ccccc1Nc1nc(C)cc(N2CCN(C)CC2)n1. The van der Waals surface area contributed by atoms with Gasteiger partial charge in [-0.25, -0.2) is 4.98 Å². The van der Waals surface area contributed by atoms with E-state index >= 15 is 0 Å². The second kappa shape index (κ2) is 6.96. The summed E-state index contributed by atoms with van der Waals surface area (Å²) in [5, 5.41) is 3.39. The fourth-order valence-corrected chi connectivity index (χ4v) is 2.88. The first-order chi connectivity index (χ1) is 11.2. The van der Waals surface area contributed by atoms with Crippen molar-refractivity contribution >= 4 is 17.5 Å². The maximum absolute atomic E-state index is 4.74. The number of benzene rings is 1. The Morgan fingerprint density at radius 3 is 2.57 bits per heavy atom. The minimum Gasteiger partial charge on any atom is -0.354 e. The topological polar surface area (TPSA) is 44.3 Å². The van der Waals surface area contributed by atoms with Crippen molar-refractivity contribution in [3.8, 4) is 0 Å². The van der Waals surface area contributed by atoms with E-state index in [2.05, 4.69) is 58.3 Å². The summed E-state index contributed by atoms with van der Waals surface area (Å²) in [6, 6.07) is 10.4. The first-order valence-electron chi connectivity index (χ1n) is 8.30. The summed E-state index contributed by atoms with van der Waals surface area (Å²) in [7, 11) is 2.16. The lowest BCUT2D eigenvalue weighted by molar-refractivity contribution is 0.312. The molecular weight excluding hydrogens is 286 g/mol. The Labute approximate surface area is 138 Å². The van der Waals surface area contributed by atoms with Crippen LogP contribution in [0, 0.1) is 6.92 Å². The number of para-hydroxylation sites is 1. The van der Waals surface area contributed by atoms with Gasteiger partial charge in [-0.2, -0.15) is 4.98 Å². The Balaban J connectivity index is 1.83. The summed E-state index contributed by atoms with van der Waals surface area (Å²) in [6.45, 7) is 8.36. The van der Waals surface area contributed by atoms with Crippen molar-refractivity contribution < 1.29 is 0 Å². The van der Waals surface area contributed by atoms with Crippen LogP contribution in [0.3, 0.4) is 0 Å². The molecule has 1 aromatic heterocycles. The summed E-state index contributed by atoms with van der Waals surface area (Å²) in [6.07, 6.45) is 0.986. The van der Waals surface area contributed by atoms with Crippen LogP contribution < -0.4 is 10.2 Å². The van der Waals surface area contributed by atoms with Gasteiger partial charge in [-0.3, -0.25) is 0 Å². The smallest absolute Gasteiger partial charge is 0.229 e. The van der Waals surface area contributed by atoms with Crippen molar-refractivity contribution in [2.75, 3.05) is 43.4 Å². The Kier molecular flexibility index (Phi) is 4.76. The highest BCUT2D eigenvalue weighted by Crippen LogP contribution is 2.22. The van der Waals surface area contributed by atoms with Gasteiger partial charge in [-0.15, -0.1) is 0 Å². The molecule has 1 aromatic carbocycles. The minimum absolute atomic E-state index is 0.680. The van der Waals surface area contributed by atoms with E-state index in [1.54, 1.807) is 0 Å². The predicted molar refractivity (Wildman–Crippen MR) is 95.6 cm³/mol. The largest absolute Gasteiger partial charge is 0.354 e. The van der Waals surface area contributed by atoms with Crippen molar-refractivity contribution in [3.63, 3.8) is 0 Å². The molecule has 0 radical (unpaired) electrons. The molecule has 1 saturated heterocycles. The molecule has 0 saturated carbocycles. The number of aryl methyl sites for hydroxylation is 2. The van der Waals surface area contributed by atoms with Crippen LogP contribution in [0.1, 0.15) is 18.2 Å². The van der Waals surface area contributed by atoms with Gasteiger partial charge in [0.15, 0.2) is 0 Å². The molecule has 1 fully saturated rings. The first-order valence-corrected chi connectivity index (χ1v) is 8.30. The maximum Gasteiger partial charge on any atom is 0.229 e. The van der Waals surface area contributed by atoms with Crippen LogP contribution in [-0.2, 0) is 6.42 Å². The van der Waals surface area contributed by atoms with Crippen LogP contribution in [0.15, 0.2) is 30.3 Å². The number of nitrogens with one attached hydrogen (secondary N) is 1. The van der Waals surface area contributed by atoms with Gasteiger partial charge in [-0.05, 0) is 32.0 Å². The van der Waals surface area contributed by atoms with E-state index in [9.17, 15) is 0 Å². The van der Waals surface area contributed by atoms with Gasteiger partial charge in [0.1, 0.15) is 5.82 Å². The molecule has 1 aliphatic rings. The third kappa shape index (κ3) is 3.79. The van der Waals surface area contributed by atoms with Gasteiger partial charge >= 0.3 is 0 Å². The second-order valence-electron chi connectivity index (χ2n) is 6.12. The third-order valence-electron chi connectivity index (χ3n) is 4.31. The number of aromatic nitrogens is 2. The van der Waals surface area contributed by atoms with Gasteiger partial charge in [0.2, 0.25) is 5.95 Å². The molecule has 0 bridgehead atoms. The zero-order chi connectivity index (χ0) is 16.2. The number of nitrogens with zero attached hydrogens (tertiary/aromatic N) is 4. The van der Waals surface area contributed by atoms with Crippen LogP contribution in [-0.4, -0.2) is 48.1 Å². The lowest BCUT2D eigenvalue weighted by Gasteiger charge is -2.33. The number of hydrogen-bond donors (Lipinski definition) is 1. The molecule has 1 aliphatic heterocycles. The highest BCUT2D eigenvalue weighted by molar-refractivity contribution is 5.60. The van der Waals surface area contributed by atoms with Crippen LogP contribution in [0.25, 0.3) is 0 Å². The molecule has 5 nitrogen and oxygen atoms in total. The molecule has 0 unspecified atom stereocenters. The van der Waals surface area contributed by atoms with Crippen molar-refractivity contribution in [3.05, 3.63) is 41.6 Å². The monoisotopic (exact) mass is 311 g/mol. The molecule has 122 valence electrons. The fourth-order valence-electron chi connectivity index (χ4n) is 2.88. The molecule has 0 spiro atoms. The summed E-state index contributed by atoms with van der Waals surface area (Å²) < 4.78 is 0. The molecule has 2 heterocycles. The van der Waals surface area contributed by atoms with Crippen LogP contribution in [0.4, 0.5) is 17.5 Å². The van der Waals surface area contributed by atoms with Gasteiger partial charge in [-0.1, -0.05) is 25.1 Å². The van der Waals surface area contributed by atoms with Gasteiger partial charge in [0.05, 0.1) is 0 Å². The van der Waals surface area contributed by atoms with Crippen LogP contribution in [0.2, 0.25) is 0 Å². The molecule has 1 N–H and O–H groups in total. The van der Waals surface area contributed by atoms with E-state index in [0.29, 0.717) is 5.95 Å². The third-order valence-corrected chi connectivity index (χ3v) is 4.31. The summed E-state index contributed by atoms with van der Waals surface area (Å²) in [5.41, 5.74) is 3.36. The number of piperazine rings is 1. The zero-order valence-electron chi connectivity index (χ0n) is 14.2. The van der Waals surface area contributed by atoms with Gasteiger partial charge in [0.25, 0.3) is 0 Å². The Hall–Kier alpha value is -2.14. The average Bonchev–Trinajstić information content (AvgIpc) is 2.55. The molecule has 5 heteroatoms. The van der Waals surface area contributed by atoms with Crippen molar-refractivity contribution in [1.29, 1.82) is 0 Å². The van der Waals surface area contributed by atoms with E-state index in [-0.39, 0.29) is 0 Å². The fraction of sp³-hybridized carbons (Fsp3) is 0.444. The van der Waals surface area contributed by atoms with Crippen molar-refractivity contribution in [2.45, 2.75) is 20.3 Å². The second-order valence-corrected chi connectivity index (χ2v) is 6.12. The Morgan fingerprint density at radius 2 is 1.83 bits per heavy atom.